The van der Waals surface area contributed by atoms with Crippen LogP contribution in [-0.2, 0) is 11.3 Å². The molecule has 1 saturated heterocycles. The first-order valence-corrected chi connectivity index (χ1v) is 7.41. The topological polar surface area (TPSA) is 43.8 Å². The van der Waals surface area contributed by atoms with E-state index in [0.29, 0.717) is 26.2 Å². The number of β-amino-alcohol motifs (C(OH)–C–C–N with tert-alkyl or cyclic N) is 1. The van der Waals surface area contributed by atoms with Gasteiger partial charge in [-0.2, -0.15) is 0 Å². The highest BCUT2D eigenvalue weighted by atomic mass is 16.3. The van der Waals surface area contributed by atoms with Crippen molar-refractivity contribution in [3.63, 3.8) is 0 Å². The van der Waals surface area contributed by atoms with Crippen molar-refractivity contribution in [1.82, 2.24) is 9.80 Å². The van der Waals surface area contributed by atoms with Gasteiger partial charge in [0.15, 0.2) is 0 Å². The molecule has 1 aromatic rings. The van der Waals surface area contributed by atoms with Crippen molar-refractivity contribution in [2.75, 3.05) is 26.2 Å². The van der Waals surface area contributed by atoms with Crippen LogP contribution in [0.3, 0.4) is 0 Å². The molecule has 0 bridgehead atoms. The van der Waals surface area contributed by atoms with Crippen LogP contribution in [0.2, 0.25) is 0 Å². The summed E-state index contributed by atoms with van der Waals surface area (Å²) < 4.78 is 0. The molecule has 0 spiro atoms. The number of benzene rings is 1. The number of hydrogen-bond donors (Lipinski definition) is 1. The van der Waals surface area contributed by atoms with E-state index in [1.165, 1.54) is 0 Å². The normalized spacial score (nSPS) is 19.8. The molecule has 1 aliphatic heterocycles. The Kier molecular flexibility index (Phi) is 5.56. The average Bonchev–Trinajstić information content (AvgIpc) is 2.45. The molecule has 1 atom stereocenters. The van der Waals surface area contributed by atoms with Crippen molar-refractivity contribution in [3.05, 3.63) is 35.9 Å². The number of likely N-dealkylation sites (tertiary alicyclic amines) is 1. The predicted molar refractivity (Wildman–Crippen MR) is 79.2 cm³/mol. The highest BCUT2D eigenvalue weighted by Crippen LogP contribution is 2.11. The van der Waals surface area contributed by atoms with Gasteiger partial charge >= 0.3 is 0 Å². The van der Waals surface area contributed by atoms with Gasteiger partial charge < -0.3 is 10.0 Å². The summed E-state index contributed by atoms with van der Waals surface area (Å²) in [6.45, 7) is 5.32. The van der Waals surface area contributed by atoms with Crippen molar-refractivity contribution in [3.8, 4) is 0 Å². The van der Waals surface area contributed by atoms with Crippen LogP contribution >= 0.6 is 0 Å². The van der Waals surface area contributed by atoms with Gasteiger partial charge in [-0.15, -0.1) is 0 Å². The fraction of sp³-hybridized carbons (Fsp3) is 0.562. The maximum atomic E-state index is 12.4. The largest absolute Gasteiger partial charge is 0.392 e. The van der Waals surface area contributed by atoms with Crippen LogP contribution in [0.1, 0.15) is 25.3 Å². The van der Waals surface area contributed by atoms with E-state index in [1.54, 1.807) is 0 Å². The number of hydrogen-bond acceptors (Lipinski definition) is 3. The first kappa shape index (κ1) is 15.0. The van der Waals surface area contributed by atoms with Gasteiger partial charge in [-0.3, -0.25) is 9.69 Å². The Morgan fingerprint density at radius 2 is 2.15 bits per heavy atom. The SMILES string of the molecule is CCN(Cc1ccccc1)C(=O)CN1CCC[C@H](O)C1. The molecule has 0 saturated carbocycles. The third-order valence-electron chi connectivity index (χ3n) is 3.79. The molecule has 1 aliphatic rings. The summed E-state index contributed by atoms with van der Waals surface area (Å²) in [5.74, 6) is 0.144. The van der Waals surface area contributed by atoms with Crippen molar-refractivity contribution >= 4 is 5.91 Å². The zero-order valence-corrected chi connectivity index (χ0v) is 12.2. The van der Waals surface area contributed by atoms with Gasteiger partial charge in [0.25, 0.3) is 0 Å². The highest BCUT2D eigenvalue weighted by Gasteiger charge is 2.21. The van der Waals surface area contributed by atoms with E-state index in [-0.39, 0.29) is 12.0 Å². The van der Waals surface area contributed by atoms with Crippen LogP contribution in [0.5, 0.6) is 0 Å². The Bertz CT molecular complexity index is 422. The minimum absolute atomic E-state index is 0.144. The Hall–Kier alpha value is -1.39. The van der Waals surface area contributed by atoms with Crippen LogP contribution in [0.15, 0.2) is 30.3 Å². The fourth-order valence-electron chi connectivity index (χ4n) is 2.65. The Labute approximate surface area is 121 Å². The molecule has 110 valence electrons. The number of carbonyl (C=O) groups is 1. The maximum absolute atomic E-state index is 12.4. The van der Waals surface area contributed by atoms with Crippen LogP contribution in [0.4, 0.5) is 0 Å². The molecule has 0 radical (unpaired) electrons. The standard InChI is InChI=1S/C16H24N2O2/c1-2-18(11-14-7-4-3-5-8-14)16(20)13-17-10-6-9-15(19)12-17/h3-5,7-8,15,19H,2,6,9-13H2,1H3/t15-/m0/s1. The zero-order chi connectivity index (χ0) is 14.4. The molecule has 2 rings (SSSR count). The highest BCUT2D eigenvalue weighted by molar-refractivity contribution is 5.78. The van der Waals surface area contributed by atoms with Gasteiger partial charge in [-0.25, -0.2) is 0 Å². The quantitative estimate of drug-likeness (QED) is 0.886. The molecule has 1 N–H and O–H groups in total. The lowest BCUT2D eigenvalue weighted by molar-refractivity contribution is -0.133. The van der Waals surface area contributed by atoms with E-state index in [1.807, 2.05) is 42.2 Å². The lowest BCUT2D eigenvalue weighted by Gasteiger charge is -2.31. The number of carbonyl (C=O) groups excluding carboxylic acids is 1. The molecule has 0 aliphatic carbocycles. The monoisotopic (exact) mass is 276 g/mol. The van der Waals surface area contributed by atoms with Crippen LogP contribution < -0.4 is 0 Å². The Morgan fingerprint density at radius 3 is 2.80 bits per heavy atom. The smallest absolute Gasteiger partial charge is 0.237 e. The van der Waals surface area contributed by atoms with Gasteiger partial charge in [-0.1, -0.05) is 30.3 Å². The van der Waals surface area contributed by atoms with Gasteiger partial charge in [-0.05, 0) is 31.9 Å². The Morgan fingerprint density at radius 1 is 1.40 bits per heavy atom. The fourth-order valence-corrected chi connectivity index (χ4v) is 2.65. The number of nitrogens with zero attached hydrogens (tertiary/aromatic N) is 2. The van der Waals surface area contributed by atoms with E-state index in [9.17, 15) is 9.90 Å². The second kappa shape index (κ2) is 7.41. The average molecular weight is 276 g/mol. The van der Waals surface area contributed by atoms with E-state index in [2.05, 4.69) is 4.90 Å². The molecular formula is C16H24N2O2. The number of piperidine rings is 1. The van der Waals surface area contributed by atoms with Crippen molar-refractivity contribution in [1.29, 1.82) is 0 Å². The lowest BCUT2D eigenvalue weighted by Crippen LogP contribution is -2.45. The third-order valence-corrected chi connectivity index (χ3v) is 3.79. The number of aliphatic hydroxyl groups excluding tert-OH is 1. The minimum atomic E-state index is -0.277. The van der Waals surface area contributed by atoms with Gasteiger partial charge in [0.1, 0.15) is 0 Å². The zero-order valence-electron chi connectivity index (χ0n) is 12.2. The Balaban J connectivity index is 1.88. The first-order valence-electron chi connectivity index (χ1n) is 7.41. The summed E-state index contributed by atoms with van der Waals surface area (Å²) in [6.07, 6.45) is 1.55. The van der Waals surface area contributed by atoms with E-state index in [0.717, 1.165) is 24.9 Å². The van der Waals surface area contributed by atoms with E-state index in [4.69, 9.17) is 0 Å². The summed E-state index contributed by atoms with van der Waals surface area (Å²) in [4.78, 5) is 16.3. The first-order chi connectivity index (χ1) is 9.69. The van der Waals surface area contributed by atoms with Crippen molar-refractivity contribution in [2.45, 2.75) is 32.4 Å². The molecule has 20 heavy (non-hydrogen) atoms. The number of likely N-dealkylation sites (N-methyl/N-ethyl adjacent to an activating group) is 1. The molecule has 1 aromatic carbocycles. The molecule has 1 fully saturated rings. The molecular weight excluding hydrogens is 252 g/mol. The lowest BCUT2D eigenvalue weighted by atomic mass is 10.1. The molecule has 0 aromatic heterocycles. The van der Waals surface area contributed by atoms with Crippen LogP contribution in [0, 0.1) is 0 Å². The number of rotatable bonds is 5. The van der Waals surface area contributed by atoms with Crippen molar-refractivity contribution in [2.24, 2.45) is 0 Å². The molecule has 0 unspecified atom stereocenters. The molecule has 4 nitrogen and oxygen atoms in total. The number of aliphatic hydroxyl groups is 1. The van der Waals surface area contributed by atoms with Crippen LogP contribution in [0.25, 0.3) is 0 Å². The van der Waals surface area contributed by atoms with Gasteiger partial charge in [0.05, 0.1) is 12.6 Å². The molecule has 4 heteroatoms. The van der Waals surface area contributed by atoms with Gasteiger partial charge in [0, 0.05) is 19.6 Å². The predicted octanol–water partition coefficient (Wildman–Crippen LogP) is 1.49. The number of amides is 1. The van der Waals surface area contributed by atoms with E-state index >= 15 is 0 Å². The summed E-state index contributed by atoms with van der Waals surface area (Å²) >= 11 is 0. The second-order valence-corrected chi connectivity index (χ2v) is 5.42. The second-order valence-electron chi connectivity index (χ2n) is 5.42. The minimum Gasteiger partial charge on any atom is -0.392 e. The van der Waals surface area contributed by atoms with E-state index < -0.39 is 0 Å². The summed E-state index contributed by atoms with van der Waals surface area (Å²) in [5.41, 5.74) is 1.15. The molecule has 1 amide bonds. The summed E-state index contributed by atoms with van der Waals surface area (Å²) in [7, 11) is 0. The third kappa shape index (κ3) is 4.32. The maximum Gasteiger partial charge on any atom is 0.237 e. The summed E-state index contributed by atoms with van der Waals surface area (Å²) in [6, 6.07) is 10.1. The van der Waals surface area contributed by atoms with Crippen molar-refractivity contribution < 1.29 is 9.90 Å². The van der Waals surface area contributed by atoms with Crippen LogP contribution in [-0.4, -0.2) is 53.1 Å². The van der Waals surface area contributed by atoms with Gasteiger partial charge in [0.2, 0.25) is 5.91 Å². The molecule has 1 heterocycles. The summed E-state index contributed by atoms with van der Waals surface area (Å²) in [5, 5.41) is 9.66.